The molecule has 1 aliphatic carbocycles. The highest BCUT2D eigenvalue weighted by molar-refractivity contribution is 7.89. The molecule has 0 spiro atoms. The van der Waals surface area contributed by atoms with Gasteiger partial charge in [-0.2, -0.15) is 4.31 Å². The van der Waals surface area contributed by atoms with Crippen LogP contribution < -0.4 is 15.4 Å². The second-order valence-electron chi connectivity index (χ2n) is 9.35. The molecule has 2 N–H and O–H groups in total. The molecule has 4 rings (SSSR count). The lowest BCUT2D eigenvalue weighted by Gasteiger charge is -2.31. The van der Waals surface area contributed by atoms with Gasteiger partial charge in [0.05, 0.1) is 12.0 Å². The van der Waals surface area contributed by atoms with Crippen molar-refractivity contribution in [2.75, 3.05) is 13.7 Å². The predicted octanol–water partition coefficient (Wildman–Crippen LogP) is 3.01. The summed E-state index contributed by atoms with van der Waals surface area (Å²) < 4.78 is 32.8. The number of carbonyl (C=O) groups is 2. The third-order valence-electron chi connectivity index (χ3n) is 6.89. The van der Waals surface area contributed by atoms with Gasteiger partial charge in [0, 0.05) is 24.2 Å². The van der Waals surface area contributed by atoms with E-state index in [-0.39, 0.29) is 28.8 Å². The van der Waals surface area contributed by atoms with E-state index in [1.54, 1.807) is 55.6 Å². The van der Waals surface area contributed by atoms with Gasteiger partial charge in [0.1, 0.15) is 11.8 Å². The highest BCUT2D eigenvalue weighted by atomic mass is 32.2. The molecule has 0 bridgehead atoms. The first-order valence-corrected chi connectivity index (χ1v) is 13.6. The second-order valence-corrected chi connectivity index (χ2v) is 11.2. The standard InChI is InChI=1S/C26H33N3O5S/c1-18-5-15-23(16-6-18)35(32,33)29-17-3-4-24(29)26(31)28-21-11-9-20(10-12-21)27-25(30)19-7-13-22(34-2)14-8-19/h5-8,13-16,20-21,24H,3-4,9-12,17H2,1-2H3,(H,27,30)(H,28,31)/t20?,21?,24-/m1/s1. The summed E-state index contributed by atoms with van der Waals surface area (Å²) in [6.45, 7) is 2.25. The van der Waals surface area contributed by atoms with Crippen LogP contribution in [0.25, 0.3) is 0 Å². The van der Waals surface area contributed by atoms with Crippen molar-refractivity contribution in [1.82, 2.24) is 14.9 Å². The van der Waals surface area contributed by atoms with Crippen LogP contribution in [0.2, 0.25) is 0 Å². The summed E-state index contributed by atoms with van der Waals surface area (Å²) in [7, 11) is -2.14. The summed E-state index contributed by atoms with van der Waals surface area (Å²) in [4.78, 5) is 25.8. The van der Waals surface area contributed by atoms with Crippen molar-refractivity contribution < 1.29 is 22.7 Å². The zero-order valence-corrected chi connectivity index (χ0v) is 21.0. The molecule has 2 aromatic rings. The molecule has 188 valence electrons. The molecule has 1 aliphatic heterocycles. The summed E-state index contributed by atoms with van der Waals surface area (Å²) in [5, 5.41) is 6.14. The first kappa shape index (κ1) is 25.2. The van der Waals surface area contributed by atoms with Gasteiger partial charge in [0.15, 0.2) is 0 Å². The van der Waals surface area contributed by atoms with Crippen molar-refractivity contribution in [3.05, 3.63) is 59.7 Å². The fraction of sp³-hybridized carbons (Fsp3) is 0.462. The topological polar surface area (TPSA) is 105 Å². The van der Waals surface area contributed by atoms with Crippen LogP contribution in [0.5, 0.6) is 5.75 Å². The number of nitrogens with zero attached hydrogens (tertiary/aromatic N) is 1. The fourth-order valence-electron chi connectivity index (χ4n) is 4.83. The zero-order chi connectivity index (χ0) is 25.0. The molecule has 2 aromatic carbocycles. The number of hydrogen-bond acceptors (Lipinski definition) is 5. The molecule has 0 radical (unpaired) electrons. The average molecular weight is 500 g/mol. The van der Waals surface area contributed by atoms with Crippen LogP contribution in [-0.4, -0.2) is 56.3 Å². The molecule has 0 aromatic heterocycles. The zero-order valence-electron chi connectivity index (χ0n) is 20.2. The van der Waals surface area contributed by atoms with Gasteiger partial charge < -0.3 is 15.4 Å². The number of rotatable bonds is 7. The van der Waals surface area contributed by atoms with Crippen LogP contribution in [0.15, 0.2) is 53.4 Å². The van der Waals surface area contributed by atoms with Crippen LogP contribution in [0, 0.1) is 6.92 Å². The Morgan fingerprint density at radius 3 is 2.09 bits per heavy atom. The van der Waals surface area contributed by atoms with Gasteiger partial charge in [-0.1, -0.05) is 17.7 Å². The van der Waals surface area contributed by atoms with Gasteiger partial charge in [-0.15, -0.1) is 0 Å². The summed E-state index contributed by atoms with van der Waals surface area (Å²) in [5.74, 6) is 0.345. The van der Waals surface area contributed by atoms with Crippen LogP contribution in [0.3, 0.4) is 0 Å². The van der Waals surface area contributed by atoms with Crippen molar-refractivity contribution in [1.29, 1.82) is 0 Å². The maximum absolute atomic E-state index is 13.2. The van der Waals surface area contributed by atoms with Gasteiger partial charge in [0.25, 0.3) is 5.91 Å². The number of aryl methyl sites for hydroxylation is 1. The quantitative estimate of drug-likeness (QED) is 0.609. The maximum Gasteiger partial charge on any atom is 0.251 e. The third-order valence-corrected chi connectivity index (χ3v) is 8.82. The molecule has 1 saturated carbocycles. The minimum Gasteiger partial charge on any atom is -0.497 e. The van der Waals surface area contributed by atoms with E-state index in [1.165, 1.54) is 4.31 Å². The Morgan fingerprint density at radius 2 is 1.49 bits per heavy atom. The van der Waals surface area contributed by atoms with E-state index in [0.717, 1.165) is 31.2 Å². The van der Waals surface area contributed by atoms with Crippen LogP contribution in [0.4, 0.5) is 0 Å². The molecule has 1 atom stereocenters. The van der Waals surface area contributed by atoms with Gasteiger partial charge in [-0.3, -0.25) is 9.59 Å². The molecule has 2 aliphatic rings. The third kappa shape index (κ3) is 5.85. The van der Waals surface area contributed by atoms with Crippen molar-refractivity contribution in [2.24, 2.45) is 0 Å². The largest absolute Gasteiger partial charge is 0.497 e. The average Bonchev–Trinajstić information content (AvgIpc) is 3.37. The molecular formula is C26H33N3O5S. The molecule has 2 amide bonds. The number of benzene rings is 2. The number of sulfonamides is 1. The van der Waals surface area contributed by atoms with Crippen molar-refractivity contribution in [3.63, 3.8) is 0 Å². The number of ether oxygens (including phenoxy) is 1. The molecule has 2 fully saturated rings. The normalized spacial score (nSPS) is 23.0. The summed E-state index contributed by atoms with van der Waals surface area (Å²) in [6.07, 6.45) is 4.15. The van der Waals surface area contributed by atoms with Crippen molar-refractivity contribution in [2.45, 2.75) is 68.5 Å². The Kier molecular flexibility index (Phi) is 7.76. The van der Waals surface area contributed by atoms with Gasteiger partial charge in [-0.05, 0) is 81.8 Å². The Bertz CT molecular complexity index is 1140. The fourth-order valence-corrected chi connectivity index (χ4v) is 6.48. The summed E-state index contributed by atoms with van der Waals surface area (Å²) >= 11 is 0. The SMILES string of the molecule is COc1ccc(C(=O)NC2CCC(NC(=O)[C@H]3CCCN3S(=O)(=O)c3ccc(C)cc3)CC2)cc1. The number of carbonyl (C=O) groups excluding carboxylic acids is 2. The Morgan fingerprint density at radius 1 is 0.886 bits per heavy atom. The lowest BCUT2D eigenvalue weighted by Crippen LogP contribution is -2.50. The first-order chi connectivity index (χ1) is 16.8. The highest BCUT2D eigenvalue weighted by Gasteiger charge is 2.40. The first-order valence-electron chi connectivity index (χ1n) is 12.1. The molecule has 1 heterocycles. The smallest absolute Gasteiger partial charge is 0.251 e. The molecular weight excluding hydrogens is 466 g/mol. The van der Waals surface area contributed by atoms with E-state index >= 15 is 0 Å². The van der Waals surface area contributed by atoms with E-state index in [1.807, 2.05) is 6.92 Å². The molecule has 9 heteroatoms. The monoisotopic (exact) mass is 499 g/mol. The van der Waals surface area contributed by atoms with Crippen molar-refractivity contribution >= 4 is 21.8 Å². The number of nitrogens with one attached hydrogen (secondary N) is 2. The molecule has 35 heavy (non-hydrogen) atoms. The van der Waals surface area contributed by atoms with E-state index in [4.69, 9.17) is 4.74 Å². The molecule has 0 unspecified atom stereocenters. The van der Waals surface area contributed by atoms with Crippen LogP contribution in [0.1, 0.15) is 54.4 Å². The minimum atomic E-state index is -3.73. The summed E-state index contributed by atoms with van der Waals surface area (Å²) in [5.41, 5.74) is 1.56. The van der Waals surface area contributed by atoms with E-state index in [9.17, 15) is 18.0 Å². The lowest BCUT2D eigenvalue weighted by atomic mass is 9.90. The number of amides is 2. The number of hydrogen-bond donors (Lipinski definition) is 2. The lowest BCUT2D eigenvalue weighted by molar-refractivity contribution is -0.125. The predicted molar refractivity (Wildman–Crippen MR) is 133 cm³/mol. The van der Waals surface area contributed by atoms with Gasteiger partial charge in [0.2, 0.25) is 15.9 Å². The molecule has 1 saturated heterocycles. The van der Waals surface area contributed by atoms with Crippen molar-refractivity contribution in [3.8, 4) is 5.75 Å². The van der Waals surface area contributed by atoms with Gasteiger partial charge in [-0.25, -0.2) is 8.42 Å². The summed E-state index contributed by atoms with van der Waals surface area (Å²) in [6, 6.07) is 13.0. The van der Waals surface area contributed by atoms with E-state index in [0.29, 0.717) is 30.7 Å². The molecule has 8 nitrogen and oxygen atoms in total. The Hall–Kier alpha value is -2.91. The Labute approximate surface area is 207 Å². The minimum absolute atomic E-state index is 0.0267. The highest BCUT2D eigenvalue weighted by Crippen LogP contribution is 2.27. The van der Waals surface area contributed by atoms with E-state index < -0.39 is 16.1 Å². The maximum atomic E-state index is 13.2. The van der Waals surface area contributed by atoms with Crippen LogP contribution in [-0.2, 0) is 14.8 Å². The van der Waals surface area contributed by atoms with E-state index in [2.05, 4.69) is 10.6 Å². The second kappa shape index (κ2) is 10.8. The number of methoxy groups -OCH3 is 1. The Balaban J connectivity index is 1.29. The van der Waals surface area contributed by atoms with Gasteiger partial charge >= 0.3 is 0 Å². The van der Waals surface area contributed by atoms with Crippen LogP contribution >= 0.6 is 0 Å².